The van der Waals surface area contributed by atoms with E-state index in [0.717, 1.165) is 0 Å². The summed E-state index contributed by atoms with van der Waals surface area (Å²) >= 11 is 0. The molecule has 0 heterocycles. The summed E-state index contributed by atoms with van der Waals surface area (Å²) < 4.78 is 10.4. The Hall–Kier alpha value is -2.08. The Morgan fingerprint density at radius 1 is 1.50 bits per heavy atom. The average Bonchev–Trinajstić information content (AvgIpc) is 2.36. The van der Waals surface area contributed by atoms with Crippen molar-refractivity contribution in [3.63, 3.8) is 0 Å². The predicted octanol–water partition coefficient (Wildman–Crippen LogP) is 1.70. The van der Waals surface area contributed by atoms with Crippen LogP contribution in [0.15, 0.2) is 23.9 Å². The van der Waals surface area contributed by atoms with Crippen LogP contribution in [0.5, 0.6) is 11.5 Å². The molecule has 0 aliphatic carbocycles. The highest BCUT2D eigenvalue weighted by Gasteiger charge is 2.07. The number of methoxy groups -OCH3 is 1. The Kier molecular flexibility index (Phi) is 5.13. The van der Waals surface area contributed by atoms with Crippen LogP contribution in [-0.2, 0) is 0 Å². The zero-order valence-electron chi connectivity index (χ0n) is 10.3. The van der Waals surface area contributed by atoms with Gasteiger partial charge in [0.2, 0.25) is 5.70 Å². The normalized spacial score (nSPS) is 11.2. The molecule has 6 nitrogen and oxygen atoms in total. The highest BCUT2D eigenvalue weighted by atomic mass is 16.6. The Morgan fingerprint density at radius 2 is 2.22 bits per heavy atom. The summed E-state index contributed by atoms with van der Waals surface area (Å²) in [4.78, 5) is 10.1. The number of allylic oxidation sites excluding steroid dienone is 1. The molecule has 0 saturated carbocycles. The first-order valence-corrected chi connectivity index (χ1v) is 5.33. The molecule has 1 rings (SSSR count). The lowest BCUT2D eigenvalue weighted by atomic mass is 10.1. The molecule has 0 fully saturated rings. The number of hydrogen-bond donors (Lipinski definition) is 1. The van der Waals surface area contributed by atoms with Gasteiger partial charge in [-0.1, -0.05) is 6.07 Å². The van der Waals surface area contributed by atoms with Crippen molar-refractivity contribution < 1.29 is 19.5 Å². The van der Waals surface area contributed by atoms with Crippen molar-refractivity contribution >= 4 is 6.08 Å². The summed E-state index contributed by atoms with van der Waals surface area (Å²) in [5.74, 6) is 0.954. The molecule has 0 unspecified atom stereocenters. The van der Waals surface area contributed by atoms with E-state index in [0.29, 0.717) is 17.1 Å². The van der Waals surface area contributed by atoms with Crippen LogP contribution in [-0.4, -0.2) is 30.4 Å². The third-order valence-electron chi connectivity index (χ3n) is 2.20. The summed E-state index contributed by atoms with van der Waals surface area (Å²) in [5.41, 5.74) is 0.693. The van der Waals surface area contributed by atoms with E-state index in [2.05, 4.69) is 0 Å². The van der Waals surface area contributed by atoms with Gasteiger partial charge in [0.05, 0.1) is 18.6 Å². The first-order valence-electron chi connectivity index (χ1n) is 5.33. The minimum absolute atomic E-state index is 0.0427. The van der Waals surface area contributed by atoms with E-state index >= 15 is 0 Å². The molecule has 0 aliphatic rings. The van der Waals surface area contributed by atoms with Gasteiger partial charge in [-0.3, -0.25) is 10.1 Å². The van der Waals surface area contributed by atoms with Crippen molar-refractivity contribution in [3.05, 3.63) is 39.6 Å². The van der Waals surface area contributed by atoms with Gasteiger partial charge in [0.1, 0.15) is 6.61 Å². The third kappa shape index (κ3) is 3.74. The van der Waals surface area contributed by atoms with E-state index in [9.17, 15) is 10.1 Å². The summed E-state index contributed by atoms with van der Waals surface area (Å²) in [6.07, 6.45) is 1.44. The maximum absolute atomic E-state index is 10.5. The maximum Gasteiger partial charge on any atom is 0.243 e. The van der Waals surface area contributed by atoms with Gasteiger partial charge in [-0.05, 0) is 17.7 Å². The van der Waals surface area contributed by atoms with Crippen LogP contribution in [0.25, 0.3) is 6.08 Å². The number of nitro groups is 1. The Bertz CT molecular complexity index is 456. The fourth-order valence-electron chi connectivity index (χ4n) is 1.34. The van der Waals surface area contributed by atoms with E-state index in [1.807, 2.05) is 0 Å². The molecular weight excluding hydrogens is 238 g/mol. The van der Waals surface area contributed by atoms with Crippen LogP contribution in [0.1, 0.15) is 12.5 Å². The summed E-state index contributed by atoms with van der Waals surface area (Å²) in [6.45, 7) is 1.49. The van der Waals surface area contributed by atoms with Crippen molar-refractivity contribution in [1.82, 2.24) is 0 Å². The topological polar surface area (TPSA) is 81.8 Å². The smallest absolute Gasteiger partial charge is 0.243 e. The van der Waals surface area contributed by atoms with Gasteiger partial charge in [-0.15, -0.1) is 0 Å². The molecule has 0 radical (unpaired) electrons. The van der Waals surface area contributed by atoms with Crippen LogP contribution in [0.4, 0.5) is 0 Å². The van der Waals surface area contributed by atoms with Gasteiger partial charge in [-0.25, -0.2) is 0 Å². The zero-order chi connectivity index (χ0) is 13.5. The lowest BCUT2D eigenvalue weighted by molar-refractivity contribution is -0.422. The van der Waals surface area contributed by atoms with Crippen LogP contribution in [0.3, 0.4) is 0 Å². The molecular formula is C12H15NO5. The molecule has 1 N–H and O–H groups in total. The molecule has 98 valence electrons. The Balaban J connectivity index is 2.98. The zero-order valence-corrected chi connectivity index (χ0v) is 10.3. The van der Waals surface area contributed by atoms with Gasteiger partial charge in [0.25, 0.3) is 0 Å². The Labute approximate surface area is 105 Å². The van der Waals surface area contributed by atoms with Gasteiger partial charge >= 0.3 is 0 Å². The number of hydrogen-bond acceptors (Lipinski definition) is 5. The van der Waals surface area contributed by atoms with Crippen molar-refractivity contribution in [2.45, 2.75) is 6.92 Å². The summed E-state index contributed by atoms with van der Waals surface area (Å²) in [6, 6.07) is 4.97. The second kappa shape index (κ2) is 6.61. The van der Waals surface area contributed by atoms with Gasteiger partial charge in [0.15, 0.2) is 11.5 Å². The second-order valence-corrected chi connectivity index (χ2v) is 3.53. The molecule has 0 aromatic heterocycles. The molecule has 0 bridgehead atoms. The predicted molar refractivity (Wildman–Crippen MR) is 66.2 cm³/mol. The highest BCUT2D eigenvalue weighted by Crippen LogP contribution is 2.28. The first-order chi connectivity index (χ1) is 8.58. The van der Waals surface area contributed by atoms with Gasteiger partial charge < -0.3 is 14.6 Å². The summed E-state index contributed by atoms with van der Waals surface area (Å²) in [7, 11) is 1.48. The second-order valence-electron chi connectivity index (χ2n) is 3.53. The number of rotatable bonds is 6. The van der Waals surface area contributed by atoms with Gasteiger partial charge in [0, 0.05) is 13.0 Å². The van der Waals surface area contributed by atoms with E-state index < -0.39 is 4.92 Å². The van der Waals surface area contributed by atoms with Crippen molar-refractivity contribution in [1.29, 1.82) is 0 Å². The molecule has 1 aromatic carbocycles. The summed E-state index contributed by atoms with van der Waals surface area (Å²) in [5, 5.41) is 19.2. The number of aliphatic hydroxyl groups excluding tert-OH is 1. The lowest BCUT2D eigenvalue weighted by Gasteiger charge is -2.10. The van der Waals surface area contributed by atoms with Crippen LogP contribution in [0.2, 0.25) is 0 Å². The van der Waals surface area contributed by atoms with Crippen molar-refractivity contribution in [3.8, 4) is 11.5 Å². The molecule has 0 saturated heterocycles. The molecule has 0 spiro atoms. The minimum Gasteiger partial charge on any atom is -0.493 e. The van der Waals surface area contributed by atoms with E-state index in [1.54, 1.807) is 18.2 Å². The number of nitrogens with zero attached hydrogens (tertiary/aromatic N) is 1. The minimum atomic E-state index is -0.456. The lowest BCUT2D eigenvalue weighted by Crippen LogP contribution is -2.03. The van der Waals surface area contributed by atoms with Crippen LogP contribution < -0.4 is 9.47 Å². The van der Waals surface area contributed by atoms with Crippen molar-refractivity contribution in [2.24, 2.45) is 0 Å². The van der Waals surface area contributed by atoms with E-state index in [-0.39, 0.29) is 18.9 Å². The van der Waals surface area contributed by atoms with Gasteiger partial charge in [-0.2, -0.15) is 0 Å². The fraction of sp³-hybridized carbons (Fsp3) is 0.333. The maximum atomic E-state index is 10.5. The fourth-order valence-corrected chi connectivity index (χ4v) is 1.34. The monoisotopic (exact) mass is 253 g/mol. The highest BCUT2D eigenvalue weighted by molar-refractivity contribution is 5.56. The molecule has 0 atom stereocenters. The first kappa shape index (κ1) is 14.0. The third-order valence-corrected chi connectivity index (χ3v) is 2.20. The quantitative estimate of drug-likeness (QED) is 0.616. The van der Waals surface area contributed by atoms with Crippen LogP contribution >= 0.6 is 0 Å². The number of ether oxygens (including phenoxy) is 2. The van der Waals surface area contributed by atoms with E-state index in [4.69, 9.17) is 14.6 Å². The largest absolute Gasteiger partial charge is 0.493 e. The Morgan fingerprint density at radius 3 is 2.78 bits per heavy atom. The molecule has 6 heteroatoms. The van der Waals surface area contributed by atoms with Crippen LogP contribution in [0, 0.1) is 10.1 Å². The van der Waals surface area contributed by atoms with E-state index in [1.165, 1.54) is 20.1 Å². The average molecular weight is 253 g/mol. The molecule has 1 aromatic rings. The SMILES string of the molecule is COc1cc(/C=C(/C)[N+](=O)[O-])ccc1OCCO. The molecule has 0 amide bonds. The number of aliphatic hydroxyl groups is 1. The standard InChI is InChI=1S/C12H15NO5/c1-9(13(15)16)7-10-3-4-11(18-6-5-14)12(8-10)17-2/h3-4,7-8,14H,5-6H2,1-2H3/b9-7-. The molecule has 0 aliphatic heterocycles. The number of benzene rings is 1. The molecule has 18 heavy (non-hydrogen) atoms. The van der Waals surface area contributed by atoms with Crippen molar-refractivity contribution in [2.75, 3.05) is 20.3 Å².